The third-order valence-corrected chi connectivity index (χ3v) is 10.5. The first-order chi connectivity index (χ1) is 23.2. The maximum absolute atomic E-state index is 15.3. The van der Waals surface area contributed by atoms with E-state index in [2.05, 4.69) is 21.2 Å². The Balaban J connectivity index is 1.40. The van der Waals surface area contributed by atoms with Gasteiger partial charge >= 0.3 is 5.97 Å². The summed E-state index contributed by atoms with van der Waals surface area (Å²) in [5.74, 6) is -3.90. The molecule has 5 bridgehead atoms. The van der Waals surface area contributed by atoms with E-state index < -0.39 is 66.1 Å². The minimum Gasteiger partial charge on any atom is -0.460 e. The van der Waals surface area contributed by atoms with Crippen molar-refractivity contribution in [3.05, 3.63) is 101 Å². The summed E-state index contributed by atoms with van der Waals surface area (Å²) in [6.07, 6.45) is 4.58. The third kappa shape index (κ3) is 5.43. The largest absolute Gasteiger partial charge is 0.460 e. The molecular formula is C37H36BrN3O7. The minimum absolute atomic E-state index is 0.108. The number of nitrogens with zero attached hydrogens (tertiary/aromatic N) is 2. The number of hydrogen-bond donors (Lipinski definition) is 2. The zero-order valence-electron chi connectivity index (χ0n) is 26.3. The standard InChI is InChI=1S/C37H36BrN3O7/c1-22-20-39-29(43)14-6-3-9-17-40(26-16-15-23-10-7-8-13-25(23)18-26)35(45)33-37-19-27(38)32(48-37)30(36(46)47-22)31(37)34(44)41(33)28(21-42)24-11-4-2-5-12-24/h2-5,7-13,15-16,18-19,22,28,30-33,42H,6,14,17,20-21H2,1H3,(H,39,43)/b9-3-/t22-,28-,30+,31-,32+,33+,37-/m1/s1. The lowest BCUT2D eigenvalue weighted by atomic mass is 9.74. The molecule has 0 aromatic heterocycles. The fraction of sp³-hybridized carbons (Fsp3) is 0.351. The van der Waals surface area contributed by atoms with Crippen molar-refractivity contribution in [3.63, 3.8) is 0 Å². The Bertz CT molecular complexity index is 1830. The monoisotopic (exact) mass is 713 g/mol. The molecule has 7 rings (SSSR count). The number of nitrogens with one attached hydrogen (secondary N) is 1. The van der Waals surface area contributed by atoms with E-state index in [0.29, 0.717) is 22.2 Å². The number of amides is 3. The molecule has 7 atom stereocenters. The molecule has 3 aromatic rings. The van der Waals surface area contributed by atoms with Crippen molar-refractivity contribution in [2.45, 2.75) is 49.7 Å². The van der Waals surface area contributed by atoms with E-state index in [0.717, 1.165) is 10.8 Å². The Kier molecular flexibility index (Phi) is 8.69. The predicted molar refractivity (Wildman–Crippen MR) is 182 cm³/mol. The average molecular weight is 715 g/mol. The number of halogens is 1. The van der Waals surface area contributed by atoms with Gasteiger partial charge < -0.3 is 29.7 Å². The molecule has 3 aromatic carbocycles. The Morgan fingerprint density at radius 3 is 2.50 bits per heavy atom. The maximum Gasteiger partial charge on any atom is 0.313 e. The van der Waals surface area contributed by atoms with Crippen molar-refractivity contribution in [1.29, 1.82) is 0 Å². The van der Waals surface area contributed by atoms with Crippen molar-refractivity contribution in [2.24, 2.45) is 11.8 Å². The molecule has 2 fully saturated rings. The van der Waals surface area contributed by atoms with Crippen LogP contribution in [-0.4, -0.2) is 77.2 Å². The first kappa shape index (κ1) is 32.2. The molecule has 0 saturated carbocycles. The van der Waals surface area contributed by atoms with E-state index in [1.165, 1.54) is 4.90 Å². The van der Waals surface area contributed by atoms with Gasteiger partial charge in [-0.05, 0) is 47.9 Å². The molecule has 248 valence electrons. The van der Waals surface area contributed by atoms with Gasteiger partial charge in [-0.2, -0.15) is 0 Å². The molecule has 4 aliphatic rings. The van der Waals surface area contributed by atoms with Crippen molar-refractivity contribution < 1.29 is 33.8 Å². The van der Waals surface area contributed by atoms with E-state index >= 15 is 4.79 Å². The van der Waals surface area contributed by atoms with Crippen LogP contribution in [0.15, 0.2) is 95.5 Å². The van der Waals surface area contributed by atoms with Crippen LogP contribution in [0.1, 0.15) is 31.4 Å². The third-order valence-electron chi connectivity index (χ3n) is 9.77. The summed E-state index contributed by atoms with van der Waals surface area (Å²) in [4.78, 5) is 59.5. The Morgan fingerprint density at radius 2 is 1.73 bits per heavy atom. The summed E-state index contributed by atoms with van der Waals surface area (Å²) in [6, 6.07) is 20.5. The number of allylic oxidation sites excluding steroid dienone is 1. The van der Waals surface area contributed by atoms with Crippen LogP contribution in [0.25, 0.3) is 10.8 Å². The Hall–Kier alpha value is -4.32. The van der Waals surface area contributed by atoms with Gasteiger partial charge in [-0.1, -0.05) is 88.7 Å². The first-order valence-corrected chi connectivity index (χ1v) is 17.0. The van der Waals surface area contributed by atoms with Crippen LogP contribution in [0.4, 0.5) is 5.69 Å². The number of anilines is 1. The molecule has 11 heteroatoms. The van der Waals surface area contributed by atoms with Crippen LogP contribution in [-0.2, 0) is 28.7 Å². The van der Waals surface area contributed by atoms with Gasteiger partial charge in [0.15, 0.2) is 0 Å². The summed E-state index contributed by atoms with van der Waals surface area (Å²) in [7, 11) is 0. The number of carbonyl (C=O) groups is 4. The molecular weight excluding hydrogens is 678 g/mol. The van der Waals surface area contributed by atoms with Gasteiger partial charge in [0, 0.05) is 23.1 Å². The molecule has 4 heterocycles. The molecule has 48 heavy (non-hydrogen) atoms. The molecule has 0 radical (unpaired) electrons. The number of fused-ring (bicyclic) bond motifs is 3. The van der Waals surface area contributed by atoms with Crippen molar-refractivity contribution in [3.8, 4) is 0 Å². The van der Waals surface area contributed by atoms with E-state index in [9.17, 15) is 19.5 Å². The van der Waals surface area contributed by atoms with Crippen molar-refractivity contribution >= 4 is 56.1 Å². The number of esters is 1. The number of hydrogen-bond acceptors (Lipinski definition) is 7. The first-order valence-electron chi connectivity index (χ1n) is 16.2. The van der Waals surface area contributed by atoms with Crippen LogP contribution >= 0.6 is 15.9 Å². The zero-order valence-corrected chi connectivity index (χ0v) is 27.9. The number of carbonyl (C=O) groups excluding carboxylic acids is 4. The highest BCUT2D eigenvalue weighted by atomic mass is 79.9. The van der Waals surface area contributed by atoms with E-state index in [1.807, 2.05) is 72.8 Å². The van der Waals surface area contributed by atoms with E-state index in [1.54, 1.807) is 30.0 Å². The summed E-state index contributed by atoms with van der Waals surface area (Å²) < 4.78 is 13.0. The lowest BCUT2D eigenvalue weighted by molar-refractivity contribution is -0.159. The lowest BCUT2D eigenvalue weighted by Crippen LogP contribution is -2.57. The number of aliphatic hydroxyl groups excluding tert-OH is 1. The van der Waals surface area contributed by atoms with Crippen LogP contribution in [0.3, 0.4) is 0 Å². The average Bonchev–Trinajstić information content (AvgIpc) is 3.69. The number of rotatable bonds is 4. The van der Waals surface area contributed by atoms with Crippen molar-refractivity contribution in [2.75, 3.05) is 24.6 Å². The Labute approximate surface area is 286 Å². The highest BCUT2D eigenvalue weighted by molar-refractivity contribution is 9.11. The van der Waals surface area contributed by atoms with Gasteiger partial charge in [0.25, 0.3) is 5.91 Å². The van der Waals surface area contributed by atoms with Crippen LogP contribution in [0.5, 0.6) is 0 Å². The molecule has 2 saturated heterocycles. The molecule has 1 spiro atoms. The topological polar surface area (TPSA) is 125 Å². The second-order valence-electron chi connectivity index (χ2n) is 12.7. The molecule has 0 aliphatic carbocycles. The van der Waals surface area contributed by atoms with E-state index in [4.69, 9.17) is 9.47 Å². The normalized spacial score (nSPS) is 30.6. The van der Waals surface area contributed by atoms with Crippen molar-refractivity contribution in [1.82, 2.24) is 10.2 Å². The summed E-state index contributed by atoms with van der Waals surface area (Å²) in [6.45, 7) is 1.47. The second kappa shape index (κ2) is 12.9. The summed E-state index contributed by atoms with van der Waals surface area (Å²) in [5.41, 5.74) is -0.275. The van der Waals surface area contributed by atoms with Crippen LogP contribution in [0.2, 0.25) is 0 Å². The fourth-order valence-electron chi connectivity index (χ4n) is 7.56. The summed E-state index contributed by atoms with van der Waals surface area (Å²) >= 11 is 3.58. The number of aliphatic hydroxyl groups is 1. The number of likely N-dealkylation sites (tertiary alicyclic amines) is 1. The zero-order chi connectivity index (χ0) is 33.6. The van der Waals surface area contributed by atoms with Gasteiger partial charge in [0.05, 0.1) is 25.1 Å². The molecule has 10 nitrogen and oxygen atoms in total. The molecule has 4 aliphatic heterocycles. The predicted octanol–water partition coefficient (Wildman–Crippen LogP) is 4.18. The van der Waals surface area contributed by atoms with Crippen LogP contribution < -0.4 is 10.2 Å². The van der Waals surface area contributed by atoms with Gasteiger partial charge in [-0.15, -0.1) is 0 Å². The number of ether oxygens (including phenoxy) is 2. The van der Waals surface area contributed by atoms with Crippen LogP contribution in [0, 0.1) is 11.8 Å². The minimum atomic E-state index is -1.52. The number of cyclic esters (lactones) is 1. The van der Waals surface area contributed by atoms with E-state index in [-0.39, 0.29) is 25.4 Å². The number of benzene rings is 3. The highest BCUT2D eigenvalue weighted by Crippen LogP contribution is 2.60. The highest BCUT2D eigenvalue weighted by Gasteiger charge is 2.75. The smallest absolute Gasteiger partial charge is 0.313 e. The maximum atomic E-state index is 15.3. The van der Waals surface area contributed by atoms with Gasteiger partial charge in [0.1, 0.15) is 29.8 Å². The lowest BCUT2D eigenvalue weighted by Gasteiger charge is -2.39. The van der Waals surface area contributed by atoms with Gasteiger partial charge in [-0.3, -0.25) is 19.2 Å². The SMILES string of the molecule is C[C@@H]1CNC(=O)CC/C=C\CN(c2ccc3ccccc3c2)C(=O)[C@@H]2N([C@H](CO)c3ccccc3)C(=O)[C@H]3[C@H](C(=O)O1)[C@H]1O[C@@]23C=C1Br. The summed E-state index contributed by atoms with van der Waals surface area (Å²) in [5, 5.41) is 15.6. The molecule has 3 amide bonds. The van der Waals surface area contributed by atoms with Gasteiger partial charge in [-0.25, -0.2) is 0 Å². The Morgan fingerprint density at radius 1 is 0.979 bits per heavy atom. The fourth-order valence-corrected chi connectivity index (χ4v) is 8.30. The van der Waals surface area contributed by atoms with Gasteiger partial charge in [0.2, 0.25) is 11.8 Å². The molecule has 2 N–H and O–H groups in total. The molecule has 0 unspecified atom stereocenters. The quantitative estimate of drug-likeness (QED) is 0.307. The second-order valence-corrected chi connectivity index (χ2v) is 13.6.